The van der Waals surface area contributed by atoms with E-state index in [1.54, 1.807) is 32.2 Å². The van der Waals surface area contributed by atoms with Crippen LogP contribution < -0.4 is 9.47 Å². The number of hydrogen-bond donors (Lipinski definition) is 0. The Morgan fingerprint density at radius 1 is 1.47 bits per heavy atom. The van der Waals surface area contributed by atoms with Crippen molar-refractivity contribution in [2.75, 3.05) is 7.11 Å². The SMILES string of the molecule is CC/C(=C\c1cccc(OC)c1OC(C)C)[N+](=O)[O-]. The number of para-hydroxylation sites is 1. The maximum absolute atomic E-state index is 10.9. The van der Waals surface area contributed by atoms with Crippen LogP contribution in [0.4, 0.5) is 0 Å². The summed E-state index contributed by atoms with van der Waals surface area (Å²) >= 11 is 0. The van der Waals surface area contributed by atoms with E-state index in [1.165, 1.54) is 6.08 Å². The molecule has 0 aliphatic rings. The van der Waals surface area contributed by atoms with Crippen LogP contribution in [-0.4, -0.2) is 18.1 Å². The fraction of sp³-hybridized carbons (Fsp3) is 0.429. The van der Waals surface area contributed by atoms with E-state index in [0.717, 1.165) is 0 Å². The van der Waals surface area contributed by atoms with Crippen molar-refractivity contribution in [2.24, 2.45) is 0 Å². The third kappa shape index (κ3) is 3.98. The van der Waals surface area contributed by atoms with Gasteiger partial charge in [-0.2, -0.15) is 0 Å². The zero-order valence-corrected chi connectivity index (χ0v) is 11.7. The van der Waals surface area contributed by atoms with Crippen LogP contribution in [0.3, 0.4) is 0 Å². The van der Waals surface area contributed by atoms with Crippen LogP contribution in [0.5, 0.6) is 11.5 Å². The first kappa shape index (κ1) is 15.0. The lowest BCUT2D eigenvalue weighted by molar-refractivity contribution is -0.425. The van der Waals surface area contributed by atoms with Gasteiger partial charge >= 0.3 is 0 Å². The molecule has 0 aromatic heterocycles. The lowest BCUT2D eigenvalue weighted by atomic mass is 10.1. The molecule has 0 spiro atoms. The Hall–Kier alpha value is -2.04. The minimum Gasteiger partial charge on any atom is -0.493 e. The third-order valence-corrected chi connectivity index (χ3v) is 2.50. The van der Waals surface area contributed by atoms with Crippen LogP contribution in [0, 0.1) is 10.1 Å². The van der Waals surface area contributed by atoms with E-state index in [9.17, 15) is 10.1 Å². The number of ether oxygens (including phenoxy) is 2. The number of methoxy groups -OCH3 is 1. The molecule has 0 aliphatic carbocycles. The van der Waals surface area contributed by atoms with Crippen molar-refractivity contribution in [3.63, 3.8) is 0 Å². The van der Waals surface area contributed by atoms with Crippen molar-refractivity contribution in [3.8, 4) is 11.5 Å². The first-order valence-corrected chi connectivity index (χ1v) is 6.18. The van der Waals surface area contributed by atoms with Crippen LogP contribution >= 0.6 is 0 Å². The zero-order valence-electron chi connectivity index (χ0n) is 11.7. The second-order valence-corrected chi connectivity index (χ2v) is 4.29. The van der Waals surface area contributed by atoms with Gasteiger partial charge in [-0.1, -0.05) is 19.1 Å². The van der Waals surface area contributed by atoms with E-state index >= 15 is 0 Å². The molecule has 1 aromatic carbocycles. The number of nitrogens with zero attached hydrogens (tertiary/aromatic N) is 1. The minimum absolute atomic E-state index is 0.0378. The molecule has 19 heavy (non-hydrogen) atoms. The topological polar surface area (TPSA) is 61.6 Å². The van der Waals surface area contributed by atoms with Crippen LogP contribution in [0.25, 0.3) is 6.08 Å². The molecule has 0 atom stereocenters. The Bertz CT molecular complexity index is 480. The van der Waals surface area contributed by atoms with Gasteiger partial charge in [0.1, 0.15) is 0 Å². The van der Waals surface area contributed by atoms with Crippen molar-refractivity contribution in [3.05, 3.63) is 39.6 Å². The fourth-order valence-electron chi connectivity index (χ4n) is 1.63. The molecule has 5 heteroatoms. The van der Waals surface area contributed by atoms with Crippen molar-refractivity contribution in [1.29, 1.82) is 0 Å². The van der Waals surface area contributed by atoms with Crippen LogP contribution in [0.2, 0.25) is 0 Å². The van der Waals surface area contributed by atoms with Gasteiger partial charge in [0, 0.05) is 18.1 Å². The van der Waals surface area contributed by atoms with Crippen LogP contribution in [0.1, 0.15) is 32.8 Å². The van der Waals surface area contributed by atoms with Gasteiger partial charge in [-0.15, -0.1) is 0 Å². The number of benzene rings is 1. The van der Waals surface area contributed by atoms with E-state index in [1.807, 2.05) is 13.8 Å². The first-order valence-electron chi connectivity index (χ1n) is 6.18. The average Bonchev–Trinajstić information content (AvgIpc) is 2.36. The number of allylic oxidation sites excluding steroid dienone is 1. The lowest BCUT2D eigenvalue weighted by Gasteiger charge is -2.15. The summed E-state index contributed by atoms with van der Waals surface area (Å²) in [5, 5.41) is 10.9. The Balaban J connectivity index is 3.29. The highest BCUT2D eigenvalue weighted by atomic mass is 16.6. The molecule has 1 aromatic rings. The summed E-state index contributed by atoms with van der Waals surface area (Å²) in [5.41, 5.74) is 0.795. The lowest BCUT2D eigenvalue weighted by Crippen LogP contribution is -2.08. The number of nitro groups is 1. The Morgan fingerprint density at radius 2 is 2.16 bits per heavy atom. The summed E-state index contributed by atoms with van der Waals surface area (Å²) in [6.07, 6.45) is 1.84. The molecule has 0 fully saturated rings. The summed E-state index contributed by atoms with van der Waals surface area (Å²) in [5.74, 6) is 1.11. The quantitative estimate of drug-likeness (QED) is 0.583. The molecule has 0 heterocycles. The van der Waals surface area contributed by atoms with Crippen molar-refractivity contribution >= 4 is 6.08 Å². The summed E-state index contributed by atoms with van der Waals surface area (Å²) in [7, 11) is 1.55. The molecule has 1 rings (SSSR count). The molecule has 104 valence electrons. The van der Waals surface area contributed by atoms with Gasteiger partial charge in [-0.3, -0.25) is 10.1 Å². The standard InChI is InChI=1S/C14H19NO4/c1-5-12(15(16)17)9-11-7-6-8-13(18-4)14(11)19-10(2)3/h6-10H,5H2,1-4H3/b12-9+. The van der Waals surface area contributed by atoms with Crippen LogP contribution in [-0.2, 0) is 0 Å². The molecule has 0 N–H and O–H groups in total. The molecule has 5 nitrogen and oxygen atoms in total. The predicted molar refractivity (Wildman–Crippen MR) is 74.0 cm³/mol. The Kier molecular flexibility index (Phi) is 5.36. The second kappa shape index (κ2) is 6.78. The van der Waals surface area contributed by atoms with Crippen molar-refractivity contribution in [2.45, 2.75) is 33.3 Å². The van der Waals surface area contributed by atoms with Gasteiger partial charge in [0.25, 0.3) is 0 Å². The van der Waals surface area contributed by atoms with E-state index in [2.05, 4.69) is 0 Å². The normalized spacial score (nSPS) is 11.5. The summed E-state index contributed by atoms with van der Waals surface area (Å²) in [6.45, 7) is 5.54. The van der Waals surface area contributed by atoms with E-state index < -0.39 is 0 Å². The van der Waals surface area contributed by atoms with E-state index in [4.69, 9.17) is 9.47 Å². The fourth-order valence-corrected chi connectivity index (χ4v) is 1.63. The summed E-state index contributed by atoms with van der Waals surface area (Å²) in [4.78, 5) is 10.5. The van der Waals surface area contributed by atoms with E-state index in [0.29, 0.717) is 23.5 Å². The molecular weight excluding hydrogens is 246 g/mol. The smallest absolute Gasteiger partial charge is 0.246 e. The molecule has 0 saturated carbocycles. The molecule has 0 amide bonds. The van der Waals surface area contributed by atoms with Crippen molar-refractivity contribution in [1.82, 2.24) is 0 Å². The summed E-state index contributed by atoms with van der Waals surface area (Å²) in [6, 6.07) is 5.33. The van der Waals surface area contributed by atoms with Crippen LogP contribution in [0.15, 0.2) is 23.9 Å². The number of rotatable bonds is 6. The Labute approximate surface area is 113 Å². The molecule has 0 saturated heterocycles. The second-order valence-electron chi connectivity index (χ2n) is 4.29. The Morgan fingerprint density at radius 3 is 2.63 bits per heavy atom. The maximum Gasteiger partial charge on any atom is 0.246 e. The molecule has 0 unspecified atom stereocenters. The van der Waals surface area contributed by atoms with Gasteiger partial charge in [0.05, 0.1) is 18.1 Å². The maximum atomic E-state index is 10.9. The zero-order chi connectivity index (χ0) is 14.4. The van der Waals surface area contributed by atoms with Crippen molar-refractivity contribution < 1.29 is 14.4 Å². The van der Waals surface area contributed by atoms with Gasteiger partial charge in [0.15, 0.2) is 11.5 Å². The third-order valence-electron chi connectivity index (χ3n) is 2.50. The predicted octanol–water partition coefficient (Wildman–Crippen LogP) is 3.51. The minimum atomic E-state index is -0.376. The van der Waals surface area contributed by atoms with Gasteiger partial charge in [-0.05, 0) is 19.9 Å². The van der Waals surface area contributed by atoms with E-state index in [-0.39, 0.29) is 16.7 Å². The first-order chi connectivity index (χ1) is 8.99. The highest BCUT2D eigenvalue weighted by Gasteiger charge is 2.14. The van der Waals surface area contributed by atoms with Gasteiger partial charge in [-0.25, -0.2) is 0 Å². The molecule has 0 bridgehead atoms. The molecule has 0 aliphatic heterocycles. The molecular formula is C14H19NO4. The number of hydrogen-bond acceptors (Lipinski definition) is 4. The van der Waals surface area contributed by atoms with Gasteiger partial charge in [0.2, 0.25) is 5.70 Å². The summed E-state index contributed by atoms with van der Waals surface area (Å²) < 4.78 is 10.9. The highest BCUT2D eigenvalue weighted by molar-refractivity contribution is 5.63. The highest BCUT2D eigenvalue weighted by Crippen LogP contribution is 2.33. The average molecular weight is 265 g/mol. The monoisotopic (exact) mass is 265 g/mol. The van der Waals surface area contributed by atoms with Gasteiger partial charge < -0.3 is 9.47 Å². The molecule has 0 radical (unpaired) electrons. The largest absolute Gasteiger partial charge is 0.493 e.